The molecule has 0 fully saturated rings. The summed E-state index contributed by atoms with van der Waals surface area (Å²) in [4.78, 5) is 12.1. The Hall–Kier alpha value is -2.42. The number of aromatic nitrogens is 1. The van der Waals surface area contributed by atoms with Gasteiger partial charge in [0, 0.05) is 18.0 Å². The van der Waals surface area contributed by atoms with Gasteiger partial charge in [-0.2, -0.15) is 0 Å². The Balaban J connectivity index is 1.80. The molecule has 3 aromatic rings. The normalized spacial score (nSPS) is 10.8. The van der Waals surface area contributed by atoms with Gasteiger partial charge < -0.3 is 4.57 Å². The molecule has 0 saturated carbocycles. The van der Waals surface area contributed by atoms with E-state index in [1.807, 2.05) is 36.4 Å². The lowest BCUT2D eigenvalue weighted by Crippen LogP contribution is -2.11. The second-order valence-corrected chi connectivity index (χ2v) is 4.82. The molecule has 20 heavy (non-hydrogen) atoms. The van der Waals surface area contributed by atoms with Gasteiger partial charge in [0.25, 0.3) is 0 Å². The van der Waals surface area contributed by atoms with Crippen LogP contribution >= 0.6 is 0 Å². The summed E-state index contributed by atoms with van der Waals surface area (Å²) < 4.78 is 15.4. The fourth-order valence-corrected chi connectivity index (χ4v) is 2.39. The summed E-state index contributed by atoms with van der Waals surface area (Å²) in [5.41, 5.74) is 1.76. The highest BCUT2D eigenvalue weighted by Gasteiger charge is 2.09. The summed E-state index contributed by atoms with van der Waals surface area (Å²) in [5, 5.41) is 0.556. The molecule has 0 spiro atoms. The molecule has 0 unspecified atom stereocenters. The molecule has 1 heterocycles. The number of rotatable bonds is 4. The molecule has 2 nitrogen and oxygen atoms in total. The smallest absolute Gasteiger partial charge is 0.156 e. The van der Waals surface area contributed by atoms with Gasteiger partial charge in [-0.1, -0.05) is 36.4 Å². The van der Waals surface area contributed by atoms with Gasteiger partial charge in [0.15, 0.2) is 5.78 Å². The van der Waals surface area contributed by atoms with Crippen LogP contribution in [-0.2, 0) is 17.8 Å². The van der Waals surface area contributed by atoms with Crippen LogP contribution < -0.4 is 0 Å². The van der Waals surface area contributed by atoms with Crippen LogP contribution in [0.3, 0.4) is 0 Å². The van der Waals surface area contributed by atoms with Crippen LogP contribution in [0.5, 0.6) is 0 Å². The first-order valence-corrected chi connectivity index (χ1v) is 6.53. The van der Waals surface area contributed by atoms with Gasteiger partial charge in [-0.05, 0) is 23.8 Å². The highest BCUT2D eigenvalue weighted by atomic mass is 19.1. The van der Waals surface area contributed by atoms with E-state index in [-0.39, 0.29) is 18.1 Å². The average molecular weight is 267 g/mol. The van der Waals surface area contributed by atoms with Crippen molar-refractivity contribution < 1.29 is 9.18 Å². The van der Waals surface area contributed by atoms with Crippen molar-refractivity contribution in [2.75, 3.05) is 0 Å². The number of benzene rings is 2. The number of nitrogens with zero attached hydrogens (tertiary/aromatic N) is 1. The summed E-state index contributed by atoms with van der Waals surface area (Å²) in [6.45, 7) is 0.266. The predicted octanol–water partition coefficient (Wildman–Crippen LogP) is 3.59. The van der Waals surface area contributed by atoms with Crippen molar-refractivity contribution in [1.29, 1.82) is 0 Å². The van der Waals surface area contributed by atoms with E-state index in [4.69, 9.17) is 0 Å². The molecule has 100 valence electrons. The Kier molecular flexibility index (Phi) is 3.33. The molecule has 0 aliphatic rings. The Bertz CT molecular complexity index is 746. The quantitative estimate of drug-likeness (QED) is 0.708. The minimum Gasteiger partial charge on any atom is -0.340 e. The first kappa shape index (κ1) is 12.6. The molecule has 0 bridgehead atoms. The zero-order valence-electron chi connectivity index (χ0n) is 10.9. The Morgan fingerprint density at radius 1 is 1.00 bits per heavy atom. The maximum atomic E-state index is 13.6. The highest BCUT2D eigenvalue weighted by molar-refractivity contribution is 5.85. The van der Waals surface area contributed by atoms with Crippen molar-refractivity contribution in [3.63, 3.8) is 0 Å². The lowest BCUT2D eigenvalue weighted by atomic mass is 10.1. The summed E-state index contributed by atoms with van der Waals surface area (Å²) >= 11 is 0. The number of carbonyl (C=O) groups is 1. The summed E-state index contributed by atoms with van der Waals surface area (Å²) in [5.74, 6) is -0.144. The second-order valence-electron chi connectivity index (χ2n) is 4.82. The van der Waals surface area contributed by atoms with Crippen molar-refractivity contribution in [1.82, 2.24) is 4.57 Å². The van der Waals surface area contributed by atoms with Gasteiger partial charge in [-0.15, -0.1) is 0 Å². The molecule has 0 N–H and O–H groups in total. The number of fused-ring (bicyclic) bond motifs is 1. The van der Waals surface area contributed by atoms with Gasteiger partial charge in [-0.3, -0.25) is 4.79 Å². The van der Waals surface area contributed by atoms with E-state index in [0.29, 0.717) is 11.8 Å². The zero-order valence-corrected chi connectivity index (χ0v) is 10.9. The molecule has 3 heteroatoms. The van der Waals surface area contributed by atoms with Crippen LogP contribution in [0.15, 0.2) is 60.8 Å². The summed E-state index contributed by atoms with van der Waals surface area (Å²) in [7, 11) is 0. The molecule has 0 radical (unpaired) electrons. The van der Waals surface area contributed by atoms with E-state index in [1.54, 1.807) is 22.9 Å². The van der Waals surface area contributed by atoms with Crippen LogP contribution in [0.1, 0.15) is 5.56 Å². The lowest BCUT2D eigenvalue weighted by molar-refractivity contribution is -0.118. The van der Waals surface area contributed by atoms with Crippen molar-refractivity contribution in [3.8, 4) is 0 Å². The third-order valence-corrected chi connectivity index (χ3v) is 3.35. The van der Waals surface area contributed by atoms with Gasteiger partial charge in [0.1, 0.15) is 5.82 Å². The first-order valence-electron chi connectivity index (χ1n) is 6.53. The lowest BCUT2D eigenvalue weighted by Gasteiger charge is -2.05. The Morgan fingerprint density at radius 2 is 1.80 bits per heavy atom. The first-order chi connectivity index (χ1) is 9.74. The molecule has 0 aliphatic carbocycles. The number of hydrogen-bond donors (Lipinski definition) is 0. The second kappa shape index (κ2) is 5.29. The Morgan fingerprint density at radius 3 is 2.60 bits per heavy atom. The van der Waals surface area contributed by atoms with E-state index < -0.39 is 0 Å². The molecule has 3 rings (SSSR count). The predicted molar refractivity (Wildman–Crippen MR) is 77.0 cm³/mol. The topological polar surface area (TPSA) is 22.0 Å². The van der Waals surface area contributed by atoms with E-state index in [0.717, 1.165) is 11.1 Å². The van der Waals surface area contributed by atoms with Crippen LogP contribution in [-0.4, -0.2) is 10.4 Å². The molecular weight excluding hydrogens is 253 g/mol. The SMILES string of the molecule is O=C(Cc1ccccc1)Cn1ccc2c(F)cccc21. The summed E-state index contributed by atoms with van der Waals surface area (Å²) in [6.07, 6.45) is 2.16. The number of carbonyl (C=O) groups excluding carboxylic acids is 1. The highest BCUT2D eigenvalue weighted by Crippen LogP contribution is 2.19. The monoisotopic (exact) mass is 267 g/mol. The van der Waals surface area contributed by atoms with Crippen molar-refractivity contribution in [3.05, 3.63) is 72.2 Å². The van der Waals surface area contributed by atoms with Crippen LogP contribution in [0.2, 0.25) is 0 Å². The fraction of sp³-hybridized carbons (Fsp3) is 0.118. The average Bonchev–Trinajstić information content (AvgIpc) is 2.84. The molecule has 1 aromatic heterocycles. The molecule has 0 atom stereocenters. The number of hydrogen-bond acceptors (Lipinski definition) is 1. The van der Waals surface area contributed by atoms with Crippen molar-refractivity contribution in [2.45, 2.75) is 13.0 Å². The van der Waals surface area contributed by atoms with E-state index in [1.165, 1.54) is 6.07 Å². The number of ketones is 1. The Labute approximate surface area is 116 Å². The molecule has 0 amide bonds. The van der Waals surface area contributed by atoms with Gasteiger partial charge in [0.2, 0.25) is 0 Å². The van der Waals surface area contributed by atoms with E-state index >= 15 is 0 Å². The van der Waals surface area contributed by atoms with Crippen molar-refractivity contribution in [2.24, 2.45) is 0 Å². The maximum Gasteiger partial charge on any atom is 0.156 e. The molecule has 0 saturated heterocycles. The molecular formula is C17H14FNO. The molecule has 2 aromatic carbocycles. The van der Waals surface area contributed by atoms with Gasteiger partial charge in [0.05, 0.1) is 12.1 Å². The van der Waals surface area contributed by atoms with Gasteiger partial charge in [-0.25, -0.2) is 4.39 Å². The number of Topliss-reactive ketones (excluding diaryl/α,β-unsaturated/α-hetero) is 1. The van der Waals surface area contributed by atoms with E-state index in [2.05, 4.69) is 0 Å². The zero-order chi connectivity index (χ0) is 13.9. The largest absolute Gasteiger partial charge is 0.340 e. The number of halogens is 1. The van der Waals surface area contributed by atoms with Crippen LogP contribution in [0, 0.1) is 5.82 Å². The minimum atomic E-state index is -0.253. The third kappa shape index (κ3) is 2.48. The van der Waals surface area contributed by atoms with Crippen molar-refractivity contribution >= 4 is 16.7 Å². The van der Waals surface area contributed by atoms with Crippen LogP contribution in [0.4, 0.5) is 4.39 Å². The van der Waals surface area contributed by atoms with Gasteiger partial charge >= 0.3 is 0 Å². The fourth-order valence-electron chi connectivity index (χ4n) is 2.39. The maximum absolute atomic E-state index is 13.6. The standard InChI is InChI=1S/C17H14FNO/c18-16-7-4-8-17-15(16)9-10-19(17)12-14(20)11-13-5-2-1-3-6-13/h1-10H,11-12H2. The third-order valence-electron chi connectivity index (χ3n) is 3.35. The molecule has 0 aliphatic heterocycles. The van der Waals surface area contributed by atoms with Crippen LogP contribution in [0.25, 0.3) is 10.9 Å². The minimum absolute atomic E-state index is 0.109. The summed E-state index contributed by atoms with van der Waals surface area (Å²) in [6, 6.07) is 16.3. The van der Waals surface area contributed by atoms with E-state index in [9.17, 15) is 9.18 Å².